The third kappa shape index (κ3) is 5.00. The fourth-order valence-corrected chi connectivity index (χ4v) is 3.59. The van der Waals surface area contributed by atoms with Gasteiger partial charge in [-0.25, -0.2) is 0 Å². The van der Waals surface area contributed by atoms with Crippen LogP contribution in [-0.4, -0.2) is 35.5 Å². The van der Waals surface area contributed by atoms with Crippen LogP contribution in [0.15, 0.2) is 0 Å². The molecule has 0 bridgehead atoms. The van der Waals surface area contributed by atoms with E-state index in [2.05, 4.69) is 10.6 Å². The van der Waals surface area contributed by atoms with Gasteiger partial charge < -0.3 is 15.7 Å². The summed E-state index contributed by atoms with van der Waals surface area (Å²) < 4.78 is 0. The van der Waals surface area contributed by atoms with Crippen LogP contribution in [-0.2, 0) is 14.4 Å². The van der Waals surface area contributed by atoms with Gasteiger partial charge in [0.05, 0.1) is 12.5 Å². The lowest BCUT2D eigenvalue weighted by Gasteiger charge is -2.17. The fourth-order valence-electron chi connectivity index (χ4n) is 3.59. The van der Waals surface area contributed by atoms with Crippen molar-refractivity contribution in [2.24, 2.45) is 11.8 Å². The van der Waals surface area contributed by atoms with Gasteiger partial charge in [-0.15, -0.1) is 0 Å². The van der Waals surface area contributed by atoms with Crippen molar-refractivity contribution in [1.29, 1.82) is 0 Å². The third-order valence-corrected chi connectivity index (χ3v) is 4.88. The molecule has 0 spiro atoms. The molecule has 6 nitrogen and oxygen atoms in total. The maximum Gasteiger partial charge on any atom is 0.308 e. The van der Waals surface area contributed by atoms with Crippen molar-refractivity contribution in [3.05, 3.63) is 0 Å². The summed E-state index contributed by atoms with van der Waals surface area (Å²) in [6, 6.07) is -0.305. The summed E-state index contributed by atoms with van der Waals surface area (Å²) in [6.45, 7) is -0.0632. The summed E-state index contributed by atoms with van der Waals surface area (Å²) >= 11 is 0. The molecule has 2 atom stereocenters. The molecule has 2 saturated carbocycles. The highest BCUT2D eigenvalue weighted by Gasteiger charge is 2.33. The molecule has 2 aliphatic rings. The second kappa shape index (κ2) is 8.15. The van der Waals surface area contributed by atoms with Gasteiger partial charge in [-0.3, -0.25) is 14.4 Å². The Hall–Kier alpha value is -1.59. The standard InChI is InChI=1S/C16H26N2O4/c19-14(9-8-11-4-1-2-5-11)17-10-15(20)18-13-7-3-6-12(13)16(21)22/h11-13H,1-10H2,(H,17,19)(H,18,20)(H,21,22)/t12-,13+/m1/s1. The zero-order valence-electron chi connectivity index (χ0n) is 13.0. The molecule has 2 rings (SSSR count). The molecule has 3 N–H and O–H groups in total. The van der Waals surface area contributed by atoms with Crippen LogP contribution in [0.5, 0.6) is 0 Å². The molecule has 6 heteroatoms. The van der Waals surface area contributed by atoms with Gasteiger partial charge in [0.15, 0.2) is 0 Å². The topological polar surface area (TPSA) is 95.5 Å². The number of hydrogen-bond acceptors (Lipinski definition) is 3. The number of amides is 2. The lowest BCUT2D eigenvalue weighted by atomic mass is 10.0. The van der Waals surface area contributed by atoms with Crippen molar-refractivity contribution in [1.82, 2.24) is 10.6 Å². The zero-order chi connectivity index (χ0) is 15.9. The largest absolute Gasteiger partial charge is 0.481 e. The Labute approximate surface area is 131 Å². The highest BCUT2D eigenvalue weighted by molar-refractivity contribution is 5.85. The monoisotopic (exact) mass is 310 g/mol. The molecule has 0 saturated heterocycles. The van der Waals surface area contributed by atoms with Crippen molar-refractivity contribution in [3.63, 3.8) is 0 Å². The van der Waals surface area contributed by atoms with Gasteiger partial charge in [0.1, 0.15) is 0 Å². The van der Waals surface area contributed by atoms with Crippen molar-refractivity contribution >= 4 is 17.8 Å². The lowest BCUT2D eigenvalue weighted by molar-refractivity contribution is -0.142. The molecular weight excluding hydrogens is 284 g/mol. The van der Waals surface area contributed by atoms with E-state index in [1.807, 2.05) is 0 Å². The van der Waals surface area contributed by atoms with Crippen molar-refractivity contribution < 1.29 is 19.5 Å². The molecule has 0 aromatic carbocycles. The summed E-state index contributed by atoms with van der Waals surface area (Å²) in [5.74, 6) is -1.09. The molecule has 0 heterocycles. The molecule has 2 aliphatic carbocycles. The van der Waals surface area contributed by atoms with Gasteiger partial charge in [0.25, 0.3) is 0 Å². The van der Waals surface area contributed by atoms with Crippen molar-refractivity contribution in [2.75, 3.05) is 6.54 Å². The Kier molecular flexibility index (Phi) is 6.21. The highest BCUT2D eigenvalue weighted by Crippen LogP contribution is 2.28. The van der Waals surface area contributed by atoms with Crippen LogP contribution in [0.2, 0.25) is 0 Å². The van der Waals surface area contributed by atoms with Crippen LogP contribution in [0.4, 0.5) is 0 Å². The number of rotatable bonds is 7. The Morgan fingerprint density at radius 1 is 0.955 bits per heavy atom. The Morgan fingerprint density at radius 3 is 2.36 bits per heavy atom. The van der Waals surface area contributed by atoms with Crippen molar-refractivity contribution in [3.8, 4) is 0 Å². The molecule has 2 amide bonds. The summed E-state index contributed by atoms with van der Waals surface area (Å²) in [7, 11) is 0. The summed E-state index contributed by atoms with van der Waals surface area (Å²) in [5, 5.41) is 14.4. The number of carboxylic acids is 1. The number of carbonyl (C=O) groups is 3. The maximum atomic E-state index is 11.8. The fraction of sp³-hybridized carbons (Fsp3) is 0.812. The SMILES string of the molecule is O=C(CCC1CCCC1)NCC(=O)N[C@H]1CCC[C@H]1C(=O)O. The molecule has 0 aliphatic heterocycles. The first-order chi connectivity index (χ1) is 10.6. The predicted octanol–water partition coefficient (Wildman–Crippen LogP) is 1.44. The second-order valence-corrected chi connectivity index (χ2v) is 6.52. The van der Waals surface area contributed by atoms with Gasteiger partial charge in [0.2, 0.25) is 11.8 Å². The third-order valence-electron chi connectivity index (χ3n) is 4.88. The average Bonchev–Trinajstić information content (AvgIpc) is 3.14. The summed E-state index contributed by atoms with van der Waals surface area (Å²) in [4.78, 5) is 34.6. The quantitative estimate of drug-likeness (QED) is 0.663. The second-order valence-electron chi connectivity index (χ2n) is 6.52. The lowest BCUT2D eigenvalue weighted by Crippen LogP contribution is -2.44. The van der Waals surface area contributed by atoms with E-state index < -0.39 is 11.9 Å². The van der Waals surface area contributed by atoms with Crippen LogP contribution in [0.25, 0.3) is 0 Å². The molecule has 0 unspecified atom stereocenters. The number of hydrogen-bond donors (Lipinski definition) is 3. The minimum atomic E-state index is -0.858. The van der Waals surface area contributed by atoms with Gasteiger partial charge >= 0.3 is 5.97 Å². The molecule has 0 radical (unpaired) electrons. The van der Waals surface area contributed by atoms with E-state index in [1.165, 1.54) is 25.7 Å². The van der Waals surface area contributed by atoms with E-state index >= 15 is 0 Å². The van der Waals surface area contributed by atoms with E-state index in [4.69, 9.17) is 5.11 Å². The normalized spacial score (nSPS) is 25.1. The number of carboxylic acid groups (broad SMARTS) is 1. The van der Waals surface area contributed by atoms with Crippen molar-refractivity contribution in [2.45, 2.75) is 63.8 Å². The summed E-state index contributed by atoms with van der Waals surface area (Å²) in [5.41, 5.74) is 0. The number of aliphatic carboxylic acids is 1. The zero-order valence-corrected chi connectivity index (χ0v) is 13.0. The van der Waals surface area contributed by atoms with Gasteiger partial charge in [0, 0.05) is 12.5 Å². The van der Waals surface area contributed by atoms with Gasteiger partial charge in [-0.05, 0) is 25.2 Å². The number of carbonyl (C=O) groups excluding carboxylic acids is 2. The van der Waals surface area contributed by atoms with E-state index in [-0.39, 0.29) is 24.4 Å². The smallest absolute Gasteiger partial charge is 0.308 e. The van der Waals surface area contributed by atoms with Crippen LogP contribution in [0, 0.1) is 11.8 Å². The van der Waals surface area contributed by atoms with Crippen LogP contribution in [0.3, 0.4) is 0 Å². The van der Waals surface area contributed by atoms with E-state index in [0.29, 0.717) is 25.2 Å². The Morgan fingerprint density at radius 2 is 1.68 bits per heavy atom. The Balaban J connectivity index is 1.62. The predicted molar refractivity (Wildman–Crippen MR) is 81.1 cm³/mol. The van der Waals surface area contributed by atoms with Crippen LogP contribution in [0.1, 0.15) is 57.8 Å². The van der Waals surface area contributed by atoms with Gasteiger partial charge in [-0.1, -0.05) is 32.1 Å². The molecular formula is C16H26N2O4. The van der Waals surface area contributed by atoms with E-state index in [0.717, 1.165) is 12.8 Å². The maximum absolute atomic E-state index is 11.8. The van der Waals surface area contributed by atoms with Gasteiger partial charge in [-0.2, -0.15) is 0 Å². The molecule has 0 aromatic rings. The molecule has 22 heavy (non-hydrogen) atoms. The van der Waals surface area contributed by atoms with E-state index in [9.17, 15) is 14.4 Å². The first-order valence-electron chi connectivity index (χ1n) is 8.35. The first-order valence-corrected chi connectivity index (χ1v) is 8.35. The summed E-state index contributed by atoms with van der Waals surface area (Å²) in [6.07, 6.45) is 8.44. The Bertz CT molecular complexity index is 418. The van der Waals surface area contributed by atoms with Crippen LogP contribution >= 0.6 is 0 Å². The van der Waals surface area contributed by atoms with E-state index in [1.54, 1.807) is 0 Å². The first kappa shape index (κ1) is 16.8. The average molecular weight is 310 g/mol. The minimum absolute atomic E-state index is 0.0632. The molecule has 2 fully saturated rings. The minimum Gasteiger partial charge on any atom is -0.481 e. The highest BCUT2D eigenvalue weighted by atomic mass is 16.4. The van der Waals surface area contributed by atoms with Crippen LogP contribution < -0.4 is 10.6 Å². The molecule has 124 valence electrons. The molecule has 0 aromatic heterocycles. The number of nitrogens with one attached hydrogen (secondary N) is 2.